The Bertz CT molecular complexity index is 1050. The molecule has 2 aromatic heterocycles. The predicted molar refractivity (Wildman–Crippen MR) is 95.8 cm³/mol. The van der Waals surface area contributed by atoms with Crippen LogP contribution in [0.5, 0.6) is 0 Å². The Labute approximate surface area is 149 Å². The molecule has 128 valence electrons. The number of anilines is 1. The number of amides is 1. The Kier molecular flexibility index (Phi) is 3.98. The van der Waals surface area contributed by atoms with E-state index in [2.05, 4.69) is 25.8 Å². The van der Waals surface area contributed by atoms with E-state index in [-0.39, 0.29) is 5.91 Å². The maximum Gasteiger partial charge on any atom is 0.274 e. The van der Waals surface area contributed by atoms with Crippen molar-refractivity contribution in [2.75, 3.05) is 5.32 Å². The minimum Gasteiger partial charge on any atom is -0.321 e. The highest BCUT2D eigenvalue weighted by Gasteiger charge is 2.14. The van der Waals surface area contributed by atoms with E-state index < -0.39 is 0 Å². The Morgan fingerprint density at radius 3 is 2.69 bits per heavy atom. The molecule has 26 heavy (non-hydrogen) atoms. The molecule has 0 aliphatic rings. The van der Waals surface area contributed by atoms with Crippen molar-refractivity contribution in [2.24, 2.45) is 7.05 Å². The number of tetrazole rings is 1. The molecule has 0 saturated heterocycles. The van der Waals surface area contributed by atoms with Crippen molar-refractivity contribution in [3.8, 4) is 17.1 Å². The summed E-state index contributed by atoms with van der Waals surface area (Å²) in [6, 6.07) is 16.9. The van der Waals surface area contributed by atoms with Crippen molar-refractivity contribution in [3.63, 3.8) is 0 Å². The van der Waals surface area contributed by atoms with Crippen molar-refractivity contribution < 1.29 is 4.79 Å². The molecule has 0 fully saturated rings. The fourth-order valence-electron chi connectivity index (χ4n) is 2.66. The smallest absolute Gasteiger partial charge is 0.274 e. The minimum absolute atomic E-state index is 0.250. The number of nitrogens with zero attached hydrogens (tertiary/aromatic N) is 6. The van der Waals surface area contributed by atoms with Gasteiger partial charge in [-0.25, -0.2) is 9.67 Å². The SMILES string of the molecule is Cn1nnnc1-c1cccc(NC(=O)c2cncn2-c2ccccc2)c1. The Morgan fingerprint density at radius 1 is 1.08 bits per heavy atom. The van der Waals surface area contributed by atoms with E-state index in [4.69, 9.17) is 0 Å². The van der Waals surface area contributed by atoms with Crippen LogP contribution in [0.1, 0.15) is 10.5 Å². The second-order valence-electron chi connectivity index (χ2n) is 5.65. The van der Waals surface area contributed by atoms with Gasteiger partial charge in [-0.3, -0.25) is 9.36 Å². The quantitative estimate of drug-likeness (QED) is 0.613. The summed E-state index contributed by atoms with van der Waals surface area (Å²) >= 11 is 0. The van der Waals surface area contributed by atoms with Crippen LogP contribution in [0, 0.1) is 0 Å². The van der Waals surface area contributed by atoms with Gasteiger partial charge >= 0.3 is 0 Å². The maximum atomic E-state index is 12.7. The van der Waals surface area contributed by atoms with Gasteiger partial charge in [-0.15, -0.1) is 5.10 Å². The highest BCUT2D eigenvalue weighted by atomic mass is 16.2. The van der Waals surface area contributed by atoms with Gasteiger partial charge in [0.1, 0.15) is 5.69 Å². The van der Waals surface area contributed by atoms with Crippen molar-refractivity contribution >= 4 is 11.6 Å². The molecule has 0 spiro atoms. The molecule has 4 rings (SSSR count). The lowest BCUT2D eigenvalue weighted by atomic mass is 10.2. The zero-order valence-electron chi connectivity index (χ0n) is 13.9. The number of aromatic nitrogens is 6. The Balaban J connectivity index is 1.61. The molecule has 0 bridgehead atoms. The standard InChI is InChI=1S/C18H15N7O/c1-24-17(21-22-23-24)13-6-5-7-14(10-13)20-18(26)16-11-19-12-25(16)15-8-3-2-4-9-15/h2-12H,1H3,(H,20,26). The molecule has 0 aliphatic heterocycles. The van der Waals surface area contributed by atoms with Crippen molar-refractivity contribution in [2.45, 2.75) is 0 Å². The van der Waals surface area contributed by atoms with E-state index in [0.717, 1.165) is 11.3 Å². The third kappa shape index (κ3) is 2.95. The van der Waals surface area contributed by atoms with Crippen LogP contribution in [-0.2, 0) is 7.05 Å². The molecule has 8 nitrogen and oxygen atoms in total. The summed E-state index contributed by atoms with van der Waals surface area (Å²) in [6.07, 6.45) is 3.16. The van der Waals surface area contributed by atoms with E-state index in [1.807, 2.05) is 54.6 Å². The normalized spacial score (nSPS) is 10.7. The average Bonchev–Trinajstić information content (AvgIpc) is 3.31. The summed E-state index contributed by atoms with van der Waals surface area (Å²) in [5.74, 6) is 0.370. The van der Waals surface area contributed by atoms with Gasteiger partial charge in [-0.05, 0) is 34.7 Å². The third-order valence-electron chi connectivity index (χ3n) is 3.90. The van der Waals surface area contributed by atoms with E-state index in [0.29, 0.717) is 17.2 Å². The molecule has 4 aromatic rings. The van der Waals surface area contributed by atoms with Crippen LogP contribution in [-0.4, -0.2) is 35.7 Å². The van der Waals surface area contributed by atoms with Crippen molar-refractivity contribution in [1.29, 1.82) is 0 Å². The van der Waals surface area contributed by atoms with Crippen LogP contribution in [0.15, 0.2) is 67.1 Å². The maximum absolute atomic E-state index is 12.7. The summed E-state index contributed by atoms with van der Waals surface area (Å²) in [4.78, 5) is 16.8. The summed E-state index contributed by atoms with van der Waals surface area (Å²) < 4.78 is 3.32. The molecule has 8 heteroatoms. The predicted octanol–water partition coefficient (Wildman–Crippen LogP) is 2.32. The number of rotatable bonds is 4. The molecular formula is C18H15N7O. The van der Waals surface area contributed by atoms with Crippen LogP contribution < -0.4 is 5.32 Å². The van der Waals surface area contributed by atoms with Gasteiger partial charge in [0, 0.05) is 24.0 Å². The summed E-state index contributed by atoms with van der Waals surface area (Å²) in [5, 5.41) is 14.3. The molecule has 2 heterocycles. The molecule has 0 unspecified atom stereocenters. The summed E-state index contributed by atoms with van der Waals surface area (Å²) in [7, 11) is 1.76. The van der Waals surface area contributed by atoms with Gasteiger partial charge in [0.2, 0.25) is 0 Å². The second-order valence-corrected chi connectivity index (χ2v) is 5.65. The van der Waals surface area contributed by atoms with Crippen LogP contribution in [0.2, 0.25) is 0 Å². The molecule has 1 amide bonds. The van der Waals surface area contributed by atoms with Crippen LogP contribution in [0.4, 0.5) is 5.69 Å². The molecule has 0 aliphatic carbocycles. The number of aryl methyl sites for hydroxylation is 1. The van der Waals surface area contributed by atoms with E-state index in [9.17, 15) is 4.79 Å². The van der Waals surface area contributed by atoms with E-state index in [1.54, 1.807) is 28.8 Å². The topological polar surface area (TPSA) is 90.5 Å². The molecular weight excluding hydrogens is 330 g/mol. The fraction of sp³-hybridized carbons (Fsp3) is 0.0556. The number of para-hydroxylation sites is 1. The number of benzene rings is 2. The first-order valence-corrected chi connectivity index (χ1v) is 7.94. The first kappa shape index (κ1) is 15.7. The molecule has 2 aromatic carbocycles. The van der Waals surface area contributed by atoms with Crippen LogP contribution in [0.25, 0.3) is 17.1 Å². The Hall–Kier alpha value is -3.81. The van der Waals surface area contributed by atoms with Gasteiger partial charge < -0.3 is 5.32 Å². The third-order valence-corrected chi connectivity index (χ3v) is 3.90. The lowest BCUT2D eigenvalue weighted by Gasteiger charge is -2.09. The molecule has 0 radical (unpaired) electrons. The van der Waals surface area contributed by atoms with Crippen molar-refractivity contribution in [3.05, 3.63) is 72.8 Å². The van der Waals surface area contributed by atoms with Gasteiger partial charge in [0.15, 0.2) is 5.82 Å². The lowest BCUT2D eigenvalue weighted by molar-refractivity contribution is 0.102. The zero-order valence-corrected chi connectivity index (χ0v) is 13.9. The Morgan fingerprint density at radius 2 is 1.92 bits per heavy atom. The van der Waals surface area contributed by atoms with Gasteiger partial charge in [-0.2, -0.15) is 0 Å². The van der Waals surface area contributed by atoms with Gasteiger partial charge in [-0.1, -0.05) is 30.3 Å². The molecule has 0 atom stereocenters. The number of nitrogens with one attached hydrogen (secondary N) is 1. The van der Waals surface area contributed by atoms with Crippen LogP contribution >= 0.6 is 0 Å². The molecule has 1 N–H and O–H groups in total. The van der Waals surface area contributed by atoms with Gasteiger partial charge in [0.25, 0.3) is 5.91 Å². The number of carbonyl (C=O) groups excluding carboxylic acids is 1. The van der Waals surface area contributed by atoms with Crippen LogP contribution in [0.3, 0.4) is 0 Å². The first-order chi connectivity index (χ1) is 12.7. The van der Waals surface area contributed by atoms with Crippen molar-refractivity contribution in [1.82, 2.24) is 29.8 Å². The number of imidazole rings is 1. The summed E-state index contributed by atoms with van der Waals surface area (Å²) in [5.41, 5.74) is 2.78. The zero-order chi connectivity index (χ0) is 17.9. The number of hydrogen-bond donors (Lipinski definition) is 1. The number of carbonyl (C=O) groups is 1. The highest BCUT2D eigenvalue weighted by molar-refractivity contribution is 6.03. The lowest BCUT2D eigenvalue weighted by Crippen LogP contribution is -2.16. The van der Waals surface area contributed by atoms with E-state index in [1.165, 1.54) is 0 Å². The molecule has 0 saturated carbocycles. The second kappa shape index (κ2) is 6.60. The minimum atomic E-state index is -0.250. The summed E-state index contributed by atoms with van der Waals surface area (Å²) in [6.45, 7) is 0. The average molecular weight is 345 g/mol. The highest BCUT2D eigenvalue weighted by Crippen LogP contribution is 2.20. The largest absolute Gasteiger partial charge is 0.321 e. The van der Waals surface area contributed by atoms with E-state index >= 15 is 0 Å². The first-order valence-electron chi connectivity index (χ1n) is 7.94. The number of hydrogen-bond acceptors (Lipinski definition) is 5. The fourth-order valence-corrected chi connectivity index (χ4v) is 2.66. The van der Waals surface area contributed by atoms with Gasteiger partial charge in [0.05, 0.1) is 12.5 Å². The monoisotopic (exact) mass is 345 g/mol.